The van der Waals surface area contributed by atoms with Gasteiger partial charge in [0, 0.05) is 10.6 Å². The van der Waals surface area contributed by atoms with Crippen LogP contribution < -0.4 is 5.32 Å². The molecule has 1 aliphatic rings. The first-order valence-corrected chi connectivity index (χ1v) is 7.35. The van der Waals surface area contributed by atoms with E-state index < -0.39 is 0 Å². The summed E-state index contributed by atoms with van der Waals surface area (Å²) in [6.45, 7) is 2.05. The number of nitrogens with one attached hydrogen (secondary N) is 1. The van der Waals surface area contributed by atoms with Gasteiger partial charge in [0.2, 0.25) is 0 Å². The summed E-state index contributed by atoms with van der Waals surface area (Å²) in [6, 6.07) is 15.0. The predicted molar refractivity (Wildman–Crippen MR) is 79.7 cm³/mol. The highest BCUT2D eigenvalue weighted by atomic mass is 35.5. The van der Waals surface area contributed by atoms with Gasteiger partial charge in [0.25, 0.3) is 0 Å². The highest BCUT2D eigenvalue weighted by molar-refractivity contribution is 7.99. The molecule has 92 valence electrons. The summed E-state index contributed by atoms with van der Waals surface area (Å²) in [4.78, 5) is 1.37. The molecule has 0 saturated carbocycles. The van der Waals surface area contributed by atoms with Crippen molar-refractivity contribution < 1.29 is 0 Å². The Bertz CT molecular complexity index is 582. The molecule has 0 bridgehead atoms. The Labute approximate surface area is 117 Å². The second-order valence-corrected chi connectivity index (χ2v) is 6.00. The van der Waals surface area contributed by atoms with Gasteiger partial charge in [-0.15, -0.1) is 11.8 Å². The lowest BCUT2D eigenvalue weighted by atomic mass is 10.1. The number of fused-ring (bicyclic) bond motifs is 1. The lowest BCUT2D eigenvalue weighted by molar-refractivity contribution is 0.900. The van der Waals surface area contributed by atoms with Gasteiger partial charge in [-0.05, 0) is 36.2 Å². The number of benzene rings is 2. The highest BCUT2D eigenvalue weighted by Gasteiger charge is 2.22. The van der Waals surface area contributed by atoms with Gasteiger partial charge in [0.1, 0.15) is 0 Å². The van der Waals surface area contributed by atoms with Gasteiger partial charge >= 0.3 is 0 Å². The maximum atomic E-state index is 6.27. The molecule has 0 radical (unpaired) electrons. The van der Waals surface area contributed by atoms with Crippen LogP contribution in [0.4, 0.5) is 5.69 Å². The number of rotatable bonds is 2. The smallest absolute Gasteiger partial charge is 0.0640 e. The second-order valence-electron chi connectivity index (χ2n) is 4.53. The number of hydrogen-bond donors (Lipinski definition) is 1. The molecular formula is C15H14ClNS. The number of hydrogen-bond acceptors (Lipinski definition) is 2. The van der Waals surface area contributed by atoms with Crippen molar-refractivity contribution in [2.45, 2.75) is 17.9 Å². The molecule has 2 aromatic rings. The van der Waals surface area contributed by atoms with Gasteiger partial charge in [0.15, 0.2) is 0 Å². The van der Waals surface area contributed by atoms with Gasteiger partial charge in [-0.2, -0.15) is 0 Å². The van der Waals surface area contributed by atoms with E-state index in [0.717, 1.165) is 16.5 Å². The Morgan fingerprint density at radius 3 is 2.89 bits per heavy atom. The summed E-state index contributed by atoms with van der Waals surface area (Å²) in [7, 11) is 0. The van der Waals surface area contributed by atoms with Crippen LogP contribution in [-0.4, -0.2) is 5.75 Å². The molecule has 1 atom stereocenters. The summed E-state index contributed by atoms with van der Waals surface area (Å²) in [5, 5.41) is 4.34. The van der Waals surface area contributed by atoms with Gasteiger partial charge in [-0.3, -0.25) is 0 Å². The fourth-order valence-electron chi connectivity index (χ4n) is 2.21. The Balaban J connectivity index is 1.86. The van der Waals surface area contributed by atoms with E-state index in [0.29, 0.717) is 6.04 Å². The van der Waals surface area contributed by atoms with Gasteiger partial charge in [0.05, 0.1) is 16.8 Å². The molecule has 18 heavy (non-hydrogen) atoms. The number of anilines is 1. The topological polar surface area (TPSA) is 12.0 Å². The van der Waals surface area contributed by atoms with E-state index >= 15 is 0 Å². The molecule has 1 unspecified atom stereocenters. The molecule has 0 fully saturated rings. The third-order valence-corrected chi connectivity index (χ3v) is 4.65. The van der Waals surface area contributed by atoms with Crippen LogP contribution >= 0.6 is 23.4 Å². The summed E-state index contributed by atoms with van der Waals surface area (Å²) in [5.41, 5.74) is 3.58. The van der Waals surface area contributed by atoms with E-state index in [1.807, 2.05) is 17.8 Å². The van der Waals surface area contributed by atoms with Crippen molar-refractivity contribution in [2.24, 2.45) is 0 Å². The molecule has 3 rings (SSSR count). The fourth-order valence-corrected chi connectivity index (χ4v) is 3.66. The van der Waals surface area contributed by atoms with Gasteiger partial charge in [-0.25, -0.2) is 0 Å². The molecule has 0 aliphatic carbocycles. The summed E-state index contributed by atoms with van der Waals surface area (Å²) < 4.78 is 0. The number of thioether (sulfide) groups is 1. The van der Waals surface area contributed by atoms with Crippen LogP contribution in [0.15, 0.2) is 47.4 Å². The first-order valence-electron chi connectivity index (χ1n) is 5.98. The lowest BCUT2D eigenvalue weighted by Crippen LogP contribution is -2.10. The average molecular weight is 276 g/mol. The van der Waals surface area contributed by atoms with E-state index in [1.54, 1.807) is 0 Å². The predicted octanol–water partition coefficient (Wildman–Crippen LogP) is 4.91. The molecule has 0 spiro atoms. The average Bonchev–Trinajstić information content (AvgIpc) is 2.76. The largest absolute Gasteiger partial charge is 0.376 e. The summed E-state index contributed by atoms with van der Waals surface area (Å²) >= 11 is 8.16. The molecule has 1 heterocycles. The van der Waals surface area contributed by atoms with Gasteiger partial charge < -0.3 is 5.32 Å². The molecule has 0 amide bonds. The standard InChI is InChI=1S/C15H14ClNS/c1-10-6-7-13(12(16)8-10)17-14-9-18-15-5-3-2-4-11(14)15/h2-8,14,17H,9H2,1H3. The van der Waals surface area contributed by atoms with Crippen LogP contribution in [0.1, 0.15) is 17.2 Å². The molecule has 0 saturated heterocycles. The SMILES string of the molecule is Cc1ccc(NC2CSc3ccccc32)c(Cl)c1. The van der Waals surface area contributed by atoms with Crippen LogP contribution in [0, 0.1) is 6.92 Å². The minimum atomic E-state index is 0.353. The van der Waals surface area contributed by atoms with Crippen LogP contribution in [-0.2, 0) is 0 Å². The Morgan fingerprint density at radius 1 is 1.22 bits per heavy atom. The number of halogens is 1. The first kappa shape index (κ1) is 11.9. The van der Waals surface area contributed by atoms with Crippen molar-refractivity contribution in [1.29, 1.82) is 0 Å². The molecule has 2 aromatic carbocycles. The fraction of sp³-hybridized carbons (Fsp3) is 0.200. The Hall–Kier alpha value is -1.12. The molecule has 0 aromatic heterocycles. The van der Waals surface area contributed by atoms with Crippen LogP contribution in [0.2, 0.25) is 5.02 Å². The quantitative estimate of drug-likeness (QED) is 0.836. The zero-order valence-corrected chi connectivity index (χ0v) is 11.7. The minimum Gasteiger partial charge on any atom is -0.376 e. The van der Waals surface area contributed by atoms with Crippen LogP contribution in [0.3, 0.4) is 0 Å². The monoisotopic (exact) mass is 275 g/mol. The normalized spacial score (nSPS) is 17.6. The van der Waals surface area contributed by atoms with Crippen molar-refractivity contribution in [3.05, 3.63) is 58.6 Å². The Kier molecular flexibility index (Phi) is 3.23. The molecule has 1 nitrogen and oxygen atoms in total. The molecular weight excluding hydrogens is 262 g/mol. The van der Waals surface area contributed by atoms with E-state index in [1.165, 1.54) is 16.0 Å². The second kappa shape index (κ2) is 4.87. The third kappa shape index (κ3) is 2.23. The van der Waals surface area contributed by atoms with E-state index in [2.05, 4.69) is 48.6 Å². The maximum Gasteiger partial charge on any atom is 0.0640 e. The van der Waals surface area contributed by atoms with Crippen molar-refractivity contribution in [3.63, 3.8) is 0 Å². The minimum absolute atomic E-state index is 0.353. The maximum absolute atomic E-state index is 6.27. The summed E-state index contributed by atoms with van der Waals surface area (Å²) in [5.74, 6) is 1.06. The number of aryl methyl sites for hydroxylation is 1. The zero-order valence-electron chi connectivity index (χ0n) is 10.1. The van der Waals surface area contributed by atoms with Crippen LogP contribution in [0.5, 0.6) is 0 Å². The lowest BCUT2D eigenvalue weighted by Gasteiger charge is -2.16. The zero-order chi connectivity index (χ0) is 12.5. The van der Waals surface area contributed by atoms with E-state index in [9.17, 15) is 0 Å². The van der Waals surface area contributed by atoms with Crippen molar-refractivity contribution >= 4 is 29.1 Å². The summed E-state index contributed by atoms with van der Waals surface area (Å²) in [6.07, 6.45) is 0. The van der Waals surface area contributed by atoms with E-state index in [-0.39, 0.29) is 0 Å². The molecule has 1 aliphatic heterocycles. The first-order chi connectivity index (χ1) is 8.74. The van der Waals surface area contributed by atoms with Crippen molar-refractivity contribution in [3.8, 4) is 0 Å². The molecule has 1 N–H and O–H groups in total. The highest BCUT2D eigenvalue weighted by Crippen LogP contribution is 2.40. The van der Waals surface area contributed by atoms with Crippen molar-refractivity contribution in [1.82, 2.24) is 0 Å². The van der Waals surface area contributed by atoms with E-state index in [4.69, 9.17) is 11.6 Å². The van der Waals surface area contributed by atoms with Gasteiger partial charge in [-0.1, -0.05) is 35.9 Å². The van der Waals surface area contributed by atoms with Crippen LogP contribution in [0.25, 0.3) is 0 Å². The third-order valence-electron chi connectivity index (χ3n) is 3.15. The Morgan fingerprint density at radius 2 is 2.06 bits per heavy atom. The molecule has 3 heteroatoms. The van der Waals surface area contributed by atoms with Crippen molar-refractivity contribution in [2.75, 3.05) is 11.1 Å².